The first-order valence-electron chi connectivity index (χ1n) is 10.4. The Bertz CT molecular complexity index is 763. The summed E-state index contributed by atoms with van der Waals surface area (Å²) < 4.78 is 26.3. The Hall–Kier alpha value is -1.44. The molecule has 1 aliphatic carbocycles. The number of aryl methyl sites for hydroxylation is 1. The van der Waals surface area contributed by atoms with Crippen LogP contribution in [0.1, 0.15) is 54.9 Å². The molecule has 0 aromatic heterocycles. The van der Waals surface area contributed by atoms with Gasteiger partial charge in [-0.25, -0.2) is 8.42 Å². The van der Waals surface area contributed by atoms with Gasteiger partial charge in [-0.15, -0.1) is 0 Å². The van der Waals surface area contributed by atoms with Crippen LogP contribution in [0.2, 0.25) is 0 Å². The lowest BCUT2D eigenvalue weighted by Crippen LogP contribution is -2.60. The van der Waals surface area contributed by atoms with Crippen LogP contribution in [-0.4, -0.2) is 67.5 Å². The van der Waals surface area contributed by atoms with E-state index in [1.165, 1.54) is 0 Å². The minimum absolute atomic E-state index is 0.0320. The molecule has 3 rings (SSSR count). The van der Waals surface area contributed by atoms with Crippen LogP contribution >= 0.6 is 0 Å². The Morgan fingerprint density at radius 2 is 1.68 bits per heavy atom. The second-order valence-corrected chi connectivity index (χ2v) is 10.3. The standard InChI is InChI=1S/C21H33N3O3S/c1-3-16-28(26,27)24-14-12-23(13-15-24)21(10-4-5-11-21)17-22-20(25)19-8-6-18(2)7-9-19/h6-9H,3-5,10-17H2,1-2H3,(H,22,25). The minimum Gasteiger partial charge on any atom is -0.350 e. The molecule has 0 radical (unpaired) electrons. The number of carbonyl (C=O) groups is 1. The first-order chi connectivity index (χ1) is 13.4. The van der Waals surface area contributed by atoms with Gasteiger partial charge in [-0.2, -0.15) is 4.31 Å². The first-order valence-corrected chi connectivity index (χ1v) is 12.0. The molecule has 1 saturated carbocycles. The summed E-state index contributed by atoms with van der Waals surface area (Å²) in [5.41, 5.74) is 1.79. The van der Waals surface area contributed by atoms with E-state index in [9.17, 15) is 13.2 Å². The number of rotatable bonds is 7. The smallest absolute Gasteiger partial charge is 0.251 e. The molecule has 6 nitrogen and oxygen atoms in total. The molecule has 1 N–H and O–H groups in total. The summed E-state index contributed by atoms with van der Waals surface area (Å²) in [7, 11) is -3.13. The third kappa shape index (κ3) is 4.75. The Morgan fingerprint density at radius 1 is 1.07 bits per heavy atom. The average molecular weight is 408 g/mol. The van der Waals surface area contributed by atoms with Gasteiger partial charge in [-0.3, -0.25) is 9.69 Å². The van der Waals surface area contributed by atoms with Gasteiger partial charge in [0.1, 0.15) is 0 Å². The van der Waals surface area contributed by atoms with E-state index in [0.717, 1.165) is 44.3 Å². The normalized spacial score (nSPS) is 20.9. The molecule has 1 aromatic rings. The van der Waals surface area contributed by atoms with Crippen LogP contribution in [-0.2, 0) is 10.0 Å². The van der Waals surface area contributed by atoms with Crippen molar-refractivity contribution < 1.29 is 13.2 Å². The van der Waals surface area contributed by atoms with Crippen molar-refractivity contribution >= 4 is 15.9 Å². The Labute approximate surface area is 169 Å². The zero-order valence-electron chi connectivity index (χ0n) is 17.1. The van der Waals surface area contributed by atoms with Crippen LogP contribution in [0.4, 0.5) is 0 Å². The van der Waals surface area contributed by atoms with E-state index in [-0.39, 0.29) is 17.2 Å². The number of nitrogens with one attached hydrogen (secondary N) is 1. The molecule has 1 saturated heterocycles. The summed E-state index contributed by atoms with van der Waals surface area (Å²) in [6.45, 7) is 7.12. The van der Waals surface area contributed by atoms with Crippen molar-refractivity contribution in [1.29, 1.82) is 0 Å². The van der Waals surface area contributed by atoms with E-state index in [1.807, 2.05) is 38.1 Å². The van der Waals surface area contributed by atoms with E-state index in [1.54, 1.807) is 4.31 Å². The number of hydrogen-bond donors (Lipinski definition) is 1. The van der Waals surface area contributed by atoms with E-state index in [2.05, 4.69) is 10.2 Å². The van der Waals surface area contributed by atoms with Gasteiger partial charge < -0.3 is 5.32 Å². The van der Waals surface area contributed by atoms with E-state index >= 15 is 0 Å². The molecular weight excluding hydrogens is 374 g/mol. The van der Waals surface area contributed by atoms with Gasteiger partial charge in [0.25, 0.3) is 5.91 Å². The summed E-state index contributed by atoms with van der Waals surface area (Å²) in [6.07, 6.45) is 5.09. The summed E-state index contributed by atoms with van der Waals surface area (Å²) in [6, 6.07) is 7.64. The molecule has 0 bridgehead atoms. The lowest BCUT2D eigenvalue weighted by Gasteiger charge is -2.45. The molecule has 1 aromatic carbocycles. The molecule has 2 fully saturated rings. The Morgan fingerprint density at radius 3 is 2.25 bits per heavy atom. The van der Waals surface area contributed by atoms with Crippen LogP contribution in [0.5, 0.6) is 0 Å². The van der Waals surface area contributed by atoms with Gasteiger partial charge in [-0.05, 0) is 38.3 Å². The molecule has 0 unspecified atom stereocenters. The third-order valence-corrected chi connectivity index (χ3v) is 8.27. The number of hydrogen-bond acceptors (Lipinski definition) is 4. The number of nitrogens with zero attached hydrogens (tertiary/aromatic N) is 2. The average Bonchev–Trinajstić information content (AvgIpc) is 3.17. The van der Waals surface area contributed by atoms with E-state index < -0.39 is 10.0 Å². The molecule has 2 aliphatic rings. The monoisotopic (exact) mass is 407 g/mol. The van der Waals surface area contributed by atoms with Gasteiger partial charge in [0.15, 0.2) is 0 Å². The van der Waals surface area contributed by atoms with Crippen LogP contribution in [0.3, 0.4) is 0 Å². The maximum atomic E-state index is 12.6. The number of carbonyl (C=O) groups excluding carboxylic acids is 1. The number of piperazine rings is 1. The fraction of sp³-hybridized carbons (Fsp3) is 0.667. The van der Waals surface area contributed by atoms with Gasteiger partial charge in [0.2, 0.25) is 10.0 Å². The largest absolute Gasteiger partial charge is 0.350 e. The maximum Gasteiger partial charge on any atom is 0.251 e. The second kappa shape index (κ2) is 8.93. The highest BCUT2D eigenvalue weighted by atomic mass is 32.2. The van der Waals surface area contributed by atoms with Crippen molar-refractivity contribution in [3.05, 3.63) is 35.4 Å². The van der Waals surface area contributed by atoms with E-state index in [4.69, 9.17) is 0 Å². The summed E-state index contributed by atoms with van der Waals surface area (Å²) in [5.74, 6) is 0.195. The van der Waals surface area contributed by atoms with Crippen LogP contribution in [0, 0.1) is 6.92 Å². The SMILES string of the molecule is CCCS(=O)(=O)N1CCN(C2(CNC(=O)c3ccc(C)cc3)CCCC2)CC1. The van der Waals surface area contributed by atoms with Crippen LogP contribution < -0.4 is 5.32 Å². The van der Waals surface area contributed by atoms with Crippen molar-refractivity contribution in [3.63, 3.8) is 0 Å². The number of sulfonamides is 1. The molecule has 1 heterocycles. The fourth-order valence-electron chi connectivity index (χ4n) is 4.52. The van der Waals surface area contributed by atoms with Crippen molar-refractivity contribution in [2.75, 3.05) is 38.5 Å². The molecule has 0 spiro atoms. The van der Waals surface area contributed by atoms with Crippen molar-refractivity contribution in [1.82, 2.24) is 14.5 Å². The Kier molecular flexibility index (Phi) is 6.78. The van der Waals surface area contributed by atoms with Gasteiger partial charge >= 0.3 is 0 Å². The summed E-state index contributed by atoms with van der Waals surface area (Å²) in [5, 5.41) is 3.15. The topological polar surface area (TPSA) is 69.7 Å². The lowest BCUT2D eigenvalue weighted by molar-refractivity contribution is 0.0540. The van der Waals surface area contributed by atoms with Gasteiger partial charge in [0.05, 0.1) is 5.75 Å². The summed E-state index contributed by atoms with van der Waals surface area (Å²) in [4.78, 5) is 15.0. The highest BCUT2D eigenvalue weighted by Crippen LogP contribution is 2.35. The van der Waals surface area contributed by atoms with E-state index in [0.29, 0.717) is 31.6 Å². The molecule has 28 heavy (non-hydrogen) atoms. The quantitative estimate of drug-likeness (QED) is 0.754. The maximum absolute atomic E-state index is 12.6. The highest BCUT2D eigenvalue weighted by Gasteiger charge is 2.42. The van der Waals surface area contributed by atoms with Crippen molar-refractivity contribution in [2.24, 2.45) is 0 Å². The van der Waals surface area contributed by atoms with Gasteiger partial charge in [0, 0.05) is 43.8 Å². The highest BCUT2D eigenvalue weighted by molar-refractivity contribution is 7.89. The van der Waals surface area contributed by atoms with Crippen LogP contribution in [0.25, 0.3) is 0 Å². The number of amides is 1. The second-order valence-electron chi connectivity index (χ2n) is 8.18. The minimum atomic E-state index is -3.13. The fourth-order valence-corrected chi connectivity index (χ4v) is 6.01. The molecule has 7 heteroatoms. The third-order valence-electron chi connectivity index (χ3n) is 6.19. The zero-order valence-corrected chi connectivity index (χ0v) is 17.9. The molecule has 1 aliphatic heterocycles. The molecular formula is C21H33N3O3S. The summed E-state index contributed by atoms with van der Waals surface area (Å²) >= 11 is 0. The predicted molar refractivity (Wildman–Crippen MR) is 112 cm³/mol. The molecule has 156 valence electrons. The Balaban J connectivity index is 1.61. The van der Waals surface area contributed by atoms with Crippen molar-refractivity contribution in [2.45, 2.75) is 51.5 Å². The predicted octanol–water partition coefficient (Wildman–Crippen LogP) is 2.40. The zero-order chi connectivity index (χ0) is 20.2. The lowest BCUT2D eigenvalue weighted by atomic mass is 9.93. The van der Waals surface area contributed by atoms with Crippen LogP contribution in [0.15, 0.2) is 24.3 Å². The van der Waals surface area contributed by atoms with Gasteiger partial charge in [-0.1, -0.05) is 37.5 Å². The molecule has 0 atom stereocenters. The number of benzene rings is 1. The molecule has 1 amide bonds. The first kappa shape index (κ1) is 21.3. The van der Waals surface area contributed by atoms with Crippen molar-refractivity contribution in [3.8, 4) is 0 Å².